The van der Waals surface area contributed by atoms with Gasteiger partial charge in [-0.15, -0.1) is 0 Å². The van der Waals surface area contributed by atoms with Crippen LogP contribution in [0.3, 0.4) is 0 Å². The summed E-state index contributed by atoms with van der Waals surface area (Å²) in [5.74, 6) is 0.496. The molecule has 0 bridgehead atoms. The Morgan fingerprint density at radius 1 is 0.722 bits per heavy atom. The molecule has 0 spiro atoms. The second-order valence-electron chi connectivity index (χ2n) is 10.8. The Kier molecular flexibility index (Phi) is 5.52. The molecule has 178 valence electrons. The lowest BCUT2D eigenvalue weighted by Crippen LogP contribution is -2.18. The molecule has 36 heavy (non-hydrogen) atoms. The first-order valence-corrected chi connectivity index (χ1v) is 13.2. The average Bonchev–Trinajstić information content (AvgIpc) is 3.15. The highest BCUT2D eigenvalue weighted by atomic mass is 14.7. The summed E-state index contributed by atoms with van der Waals surface area (Å²) < 4.78 is 0. The minimum absolute atomic E-state index is 0.0510. The fraction of sp³-hybridized carbons (Fsp3) is 0.229. The van der Waals surface area contributed by atoms with Gasteiger partial charge in [0.05, 0.1) is 5.71 Å². The lowest BCUT2D eigenvalue weighted by Gasteiger charge is -2.23. The maximum absolute atomic E-state index is 4.82. The van der Waals surface area contributed by atoms with E-state index in [9.17, 15) is 0 Å². The van der Waals surface area contributed by atoms with E-state index >= 15 is 0 Å². The van der Waals surface area contributed by atoms with Crippen molar-refractivity contribution in [2.45, 2.75) is 46.0 Å². The van der Waals surface area contributed by atoms with E-state index in [1.807, 2.05) is 6.20 Å². The van der Waals surface area contributed by atoms with Crippen LogP contribution in [0.25, 0.3) is 33.4 Å². The standard InChI is InChI=1S/C35H33N/c1-5-24-12-9-19-36-34(24)31-20-26(14-13-23(31)2)28-16-18-30-29-17-15-27(25-10-7-6-8-11-25)21-32(29)35(3,4)33(30)22-28/h6-11,13-22,24H,5,12H2,1-4H3. The summed E-state index contributed by atoms with van der Waals surface area (Å²) in [6.07, 6.45) is 6.37. The van der Waals surface area contributed by atoms with E-state index in [1.54, 1.807) is 0 Å². The highest BCUT2D eigenvalue weighted by molar-refractivity contribution is 6.05. The zero-order valence-electron chi connectivity index (χ0n) is 21.7. The number of hydrogen-bond acceptors (Lipinski definition) is 1. The van der Waals surface area contributed by atoms with E-state index in [0.717, 1.165) is 12.8 Å². The SMILES string of the molecule is CCC1CC=CN=C1c1cc(-c2ccc3c(c2)C(C)(C)c2cc(-c4ccccc4)ccc2-3)ccc1C. The third-order valence-corrected chi connectivity index (χ3v) is 8.25. The molecule has 0 aromatic heterocycles. The smallest absolute Gasteiger partial charge is 0.0512 e. The summed E-state index contributed by atoms with van der Waals surface area (Å²) >= 11 is 0. The normalized spacial score (nSPS) is 17.4. The van der Waals surface area contributed by atoms with Crippen molar-refractivity contribution in [3.05, 3.63) is 119 Å². The van der Waals surface area contributed by atoms with Crippen LogP contribution in [0.1, 0.15) is 55.9 Å². The predicted molar refractivity (Wildman–Crippen MR) is 154 cm³/mol. The molecular weight excluding hydrogens is 434 g/mol. The van der Waals surface area contributed by atoms with E-state index in [0.29, 0.717) is 5.92 Å². The highest BCUT2D eigenvalue weighted by Gasteiger charge is 2.36. The molecule has 4 aromatic carbocycles. The van der Waals surface area contributed by atoms with Crippen molar-refractivity contribution in [1.82, 2.24) is 0 Å². The number of hydrogen-bond donors (Lipinski definition) is 0. The van der Waals surface area contributed by atoms with Crippen LogP contribution in [0.5, 0.6) is 0 Å². The zero-order valence-corrected chi connectivity index (χ0v) is 21.7. The summed E-state index contributed by atoms with van der Waals surface area (Å²) in [4.78, 5) is 4.82. The Labute approximate surface area is 215 Å². The number of aliphatic imine (C=N–C) groups is 1. The largest absolute Gasteiger partial charge is 0.261 e. The van der Waals surface area contributed by atoms with Crippen LogP contribution in [0.4, 0.5) is 0 Å². The first-order chi connectivity index (χ1) is 17.5. The van der Waals surface area contributed by atoms with Gasteiger partial charge in [0.1, 0.15) is 0 Å². The minimum atomic E-state index is -0.0510. The van der Waals surface area contributed by atoms with Gasteiger partial charge in [-0.05, 0) is 93.6 Å². The van der Waals surface area contributed by atoms with Gasteiger partial charge in [-0.25, -0.2) is 0 Å². The molecule has 1 unspecified atom stereocenters. The third kappa shape index (κ3) is 3.66. The van der Waals surface area contributed by atoms with Gasteiger partial charge in [0.2, 0.25) is 0 Å². The molecule has 6 rings (SSSR count). The van der Waals surface area contributed by atoms with Crippen LogP contribution < -0.4 is 0 Å². The monoisotopic (exact) mass is 467 g/mol. The molecule has 0 saturated carbocycles. The molecule has 1 heterocycles. The average molecular weight is 468 g/mol. The van der Waals surface area contributed by atoms with E-state index < -0.39 is 0 Å². The zero-order chi connectivity index (χ0) is 24.9. The van der Waals surface area contributed by atoms with Crippen molar-refractivity contribution in [2.75, 3.05) is 0 Å². The van der Waals surface area contributed by atoms with Gasteiger partial charge in [-0.1, -0.05) is 93.6 Å². The summed E-state index contributed by atoms with van der Waals surface area (Å²) in [5.41, 5.74) is 14.4. The van der Waals surface area contributed by atoms with E-state index in [2.05, 4.69) is 119 Å². The quantitative estimate of drug-likeness (QED) is 0.283. The van der Waals surface area contributed by atoms with Gasteiger partial charge in [0, 0.05) is 17.5 Å². The number of fused-ring (bicyclic) bond motifs is 3. The molecule has 0 N–H and O–H groups in total. The molecule has 1 nitrogen and oxygen atoms in total. The number of aryl methyl sites for hydroxylation is 1. The van der Waals surface area contributed by atoms with Crippen LogP contribution in [0, 0.1) is 12.8 Å². The third-order valence-electron chi connectivity index (χ3n) is 8.25. The van der Waals surface area contributed by atoms with Crippen LogP contribution in [0.2, 0.25) is 0 Å². The fourth-order valence-electron chi connectivity index (χ4n) is 6.03. The van der Waals surface area contributed by atoms with Gasteiger partial charge >= 0.3 is 0 Å². The molecule has 2 aliphatic rings. The Morgan fingerprint density at radius 2 is 1.33 bits per heavy atom. The molecule has 1 aliphatic heterocycles. The topological polar surface area (TPSA) is 12.4 Å². The van der Waals surface area contributed by atoms with Crippen LogP contribution >= 0.6 is 0 Å². The maximum atomic E-state index is 4.82. The van der Waals surface area contributed by atoms with Crippen LogP contribution in [-0.2, 0) is 5.41 Å². The van der Waals surface area contributed by atoms with Crippen molar-refractivity contribution in [3.8, 4) is 33.4 Å². The molecule has 1 atom stereocenters. The van der Waals surface area contributed by atoms with Crippen molar-refractivity contribution < 1.29 is 0 Å². The van der Waals surface area contributed by atoms with Crippen LogP contribution in [-0.4, -0.2) is 5.71 Å². The number of rotatable bonds is 4. The summed E-state index contributed by atoms with van der Waals surface area (Å²) in [5, 5.41) is 0. The minimum Gasteiger partial charge on any atom is -0.261 e. The lowest BCUT2D eigenvalue weighted by molar-refractivity contribution is 0.661. The molecular formula is C35H33N. The van der Waals surface area contributed by atoms with Gasteiger partial charge in [-0.2, -0.15) is 0 Å². The van der Waals surface area contributed by atoms with Crippen molar-refractivity contribution in [1.29, 1.82) is 0 Å². The van der Waals surface area contributed by atoms with Crippen molar-refractivity contribution in [2.24, 2.45) is 10.9 Å². The summed E-state index contributed by atoms with van der Waals surface area (Å²) in [6, 6.07) is 31.6. The second-order valence-corrected chi connectivity index (χ2v) is 10.8. The number of nitrogens with zero attached hydrogens (tertiary/aromatic N) is 1. The Balaban J connectivity index is 1.42. The highest BCUT2D eigenvalue weighted by Crippen LogP contribution is 2.50. The first-order valence-electron chi connectivity index (χ1n) is 13.2. The molecule has 0 radical (unpaired) electrons. The molecule has 0 saturated heterocycles. The first kappa shape index (κ1) is 22.7. The van der Waals surface area contributed by atoms with Crippen molar-refractivity contribution in [3.63, 3.8) is 0 Å². The molecule has 0 fully saturated rings. The molecule has 4 aromatic rings. The van der Waals surface area contributed by atoms with Gasteiger partial charge in [-0.3, -0.25) is 4.99 Å². The number of allylic oxidation sites excluding steroid dienone is 1. The molecule has 1 heteroatoms. The van der Waals surface area contributed by atoms with Gasteiger partial charge in [0.25, 0.3) is 0 Å². The summed E-state index contributed by atoms with van der Waals surface area (Å²) in [7, 11) is 0. The fourth-order valence-corrected chi connectivity index (χ4v) is 6.03. The Morgan fingerprint density at radius 3 is 2.00 bits per heavy atom. The van der Waals surface area contributed by atoms with Crippen molar-refractivity contribution >= 4 is 5.71 Å². The van der Waals surface area contributed by atoms with Gasteiger partial charge < -0.3 is 0 Å². The van der Waals surface area contributed by atoms with E-state index in [1.165, 1.54) is 61.3 Å². The molecule has 1 aliphatic carbocycles. The number of benzene rings is 4. The van der Waals surface area contributed by atoms with Gasteiger partial charge in [0.15, 0.2) is 0 Å². The Bertz CT molecular complexity index is 1520. The molecule has 0 amide bonds. The predicted octanol–water partition coefficient (Wildman–Crippen LogP) is 9.37. The van der Waals surface area contributed by atoms with E-state index in [4.69, 9.17) is 4.99 Å². The Hall–Kier alpha value is -3.71. The van der Waals surface area contributed by atoms with E-state index in [-0.39, 0.29) is 5.41 Å². The maximum Gasteiger partial charge on any atom is 0.0512 e. The van der Waals surface area contributed by atoms with Crippen LogP contribution in [0.15, 0.2) is 102 Å². The summed E-state index contributed by atoms with van der Waals surface area (Å²) in [6.45, 7) is 9.21. The second kappa shape index (κ2) is 8.75. The lowest BCUT2D eigenvalue weighted by atomic mass is 9.80.